The second kappa shape index (κ2) is 9.88. The molecule has 0 radical (unpaired) electrons. The summed E-state index contributed by atoms with van der Waals surface area (Å²) in [6.45, 7) is 8.93. The van der Waals surface area contributed by atoms with Gasteiger partial charge in [-0.1, -0.05) is 13.8 Å². The van der Waals surface area contributed by atoms with Crippen molar-refractivity contribution in [1.82, 2.24) is 19.7 Å². The first-order valence-corrected chi connectivity index (χ1v) is 11.3. The number of aromatic nitrogens is 1. The lowest BCUT2D eigenvalue weighted by atomic mass is 9.85. The summed E-state index contributed by atoms with van der Waals surface area (Å²) in [7, 11) is 0. The first kappa shape index (κ1) is 22.7. The molecule has 166 valence electrons. The summed E-state index contributed by atoms with van der Waals surface area (Å²) >= 11 is 0. The Bertz CT molecular complexity index is 716. The zero-order valence-corrected chi connectivity index (χ0v) is 18.6. The zero-order valence-electron chi connectivity index (χ0n) is 18.6. The van der Waals surface area contributed by atoms with Crippen LogP contribution in [0.15, 0.2) is 24.5 Å². The average molecular weight is 417 g/mol. The van der Waals surface area contributed by atoms with Crippen LogP contribution >= 0.6 is 0 Å². The molecule has 0 bridgehead atoms. The van der Waals surface area contributed by atoms with Gasteiger partial charge in [-0.15, -0.1) is 0 Å². The molecular weight excluding hydrogens is 380 g/mol. The summed E-state index contributed by atoms with van der Waals surface area (Å²) in [5, 5.41) is 9.48. The Morgan fingerprint density at radius 3 is 2.37 bits per heavy atom. The van der Waals surface area contributed by atoms with E-state index in [1.54, 1.807) is 12.4 Å². The van der Waals surface area contributed by atoms with Crippen molar-refractivity contribution in [3.05, 3.63) is 30.1 Å². The summed E-state index contributed by atoms with van der Waals surface area (Å²) < 4.78 is 0. The maximum Gasteiger partial charge on any atom is 0.327 e. The third kappa shape index (κ3) is 4.67. The lowest BCUT2D eigenvalue weighted by molar-refractivity contribution is -0.136. The molecule has 1 spiro atoms. The Labute approximate surface area is 180 Å². The quantitative estimate of drug-likeness (QED) is 0.626. The number of nitrogens with zero attached hydrogens (tertiary/aromatic N) is 4. The number of aliphatic hydroxyl groups is 1. The van der Waals surface area contributed by atoms with Crippen molar-refractivity contribution in [2.75, 3.05) is 32.8 Å². The van der Waals surface area contributed by atoms with Crippen LogP contribution < -0.4 is 0 Å². The van der Waals surface area contributed by atoms with Crippen molar-refractivity contribution in [3.63, 3.8) is 0 Å². The van der Waals surface area contributed by atoms with Crippen molar-refractivity contribution < 1.29 is 14.7 Å². The molecule has 2 saturated heterocycles. The van der Waals surface area contributed by atoms with Gasteiger partial charge in [0.15, 0.2) is 0 Å². The van der Waals surface area contributed by atoms with E-state index >= 15 is 0 Å². The number of carbonyl (C=O) groups excluding carboxylic acids is 2. The van der Waals surface area contributed by atoms with Gasteiger partial charge >= 0.3 is 6.03 Å². The Hall–Kier alpha value is -1.99. The molecule has 3 rings (SSSR count). The number of pyridine rings is 1. The summed E-state index contributed by atoms with van der Waals surface area (Å²) in [6, 6.07) is 3.90. The highest BCUT2D eigenvalue weighted by molar-refractivity contribution is 6.07. The van der Waals surface area contributed by atoms with Crippen LogP contribution in [-0.4, -0.2) is 81.1 Å². The average Bonchev–Trinajstić information content (AvgIpc) is 2.94. The highest BCUT2D eigenvalue weighted by atomic mass is 16.3. The topological polar surface area (TPSA) is 77.0 Å². The van der Waals surface area contributed by atoms with Crippen molar-refractivity contribution in [1.29, 1.82) is 0 Å². The number of carbonyl (C=O) groups is 2. The van der Waals surface area contributed by atoms with Crippen molar-refractivity contribution >= 4 is 11.9 Å². The van der Waals surface area contributed by atoms with Gasteiger partial charge in [-0.2, -0.15) is 0 Å². The molecule has 2 fully saturated rings. The summed E-state index contributed by atoms with van der Waals surface area (Å²) in [6.07, 6.45) is 7.28. The van der Waals surface area contributed by atoms with E-state index in [2.05, 4.69) is 23.7 Å². The van der Waals surface area contributed by atoms with Gasteiger partial charge in [-0.3, -0.25) is 19.6 Å². The summed E-state index contributed by atoms with van der Waals surface area (Å²) in [4.78, 5) is 36.4. The van der Waals surface area contributed by atoms with Crippen LogP contribution in [-0.2, 0) is 11.2 Å². The molecule has 3 amide bonds. The minimum absolute atomic E-state index is 0.0257. The SMILES string of the molecule is CC(C)CCN1C(=O)N(CCCc2ccncc2)C(=O)C12CCN(C(C)CO)CC2. The van der Waals surface area contributed by atoms with Crippen molar-refractivity contribution in [2.24, 2.45) is 5.92 Å². The number of rotatable bonds is 9. The third-order valence-electron chi connectivity index (χ3n) is 6.66. The number of urea groups is 1. The number of aliphatic hydroxyl groups excluding tert-OH is 1. The highest BCUT2D eigenvalue weighted by Gasteiger charge is 2.57. The van der Waals surface area contributed by atoms with E-state index in [0.717, 1.165) is 32.4 Å². The van der Waals surface area contributed by atoms with Crippen molar-refractivity contribution in [3.8, 4) is 0 Å². The largest absolute Gasteiger partial charge is 0.395 e. The minimum atomic E-state index is -0.714. The molecule has 1 atom stereocenters. The number of hydrogen-bond donors (Lipinski definition) is 1. The first-order chi connectivity index (χ1) is 14.4. The Kier molecular flexibility index (Phi) is 7.47. The van der Waals surface area contributed by atoms with E-state index in [0.29, 0.717) is 31.8 Å². The van der Waals surface area contributed by atoms with Gasteiger partial charge in [0.1, 0.15) is 5.54 Å². The van der Waals surface area contributed by atoms with E-state index in [9.17, 15) is 14.7 Å². The molecule has 7 heteroatoms. The van der Waals surface area contributed by atoms with Crippen LogP contribution in [0, 0.1) is 5.92 Å². The number of aryl methyl sites for hydroxylation is 1. The van der Waals surface area contributed by atoms with Gasteiger partial charge in [-0.25, -0.2) is 4.79 Å². The zero-order chi connectivity index (χ0) is 21.7. The molecule has 0 aliphatic carbocycles. The molecule has 0 aromatic carbocycles. The van der Waals surface area contributed by atoms with Crippen LogP contribution in [0.25, 0.3) is 0 Å². The molecule has 1 unspecified atom stereocenters. The standard InChI is InChI=1S/C23H36N4O3/c1-18(2)8-14-27-22(30)26(13-4-5-20-6-11-24-12-7-20)21(29)23(27)9-15-25(16-10-23)19(3)17-28/h6-7,11-12,18-19,28H,4-5,8-10,13-17H2,1-3H3. The molecule has 0 saturated carbocycles. The first-order valence-electron chi connectivity index (χ1n) is 11.3. The van der Waals surface area contributed by atoms with Crippen molar-refractivity contribution in [2.45, 2.75) is 64.5 Å². The molecule has 2 aliphatic rings. The smallest absolute Gasteiger partial charge is 0.327 e. The minimum Gasteiger partial charge on any atom is -0.395 e. The molecule has 1 N–H and O–H groups in total. The maximum absolute atomic E-state index is 13.5. The second-order valence-electron chi connectivity index (χ2n) is 9.13. The Morgan fingerprint density at radius 1 is 1.10 bits per heavy atom. The predicted molar refractivity (Wildman–Crippen MR) is 116 cm³/mol. The number of likely N-dealkylation sites (tertiary alicyclic amines) is 1. The fourth-order valence-corrected chi connectivity index (χ4v) is 4.60. The molecule has 2 aliphatic heterocycles. The Morgan fingerprint density at radius 2 is 1.77 bits per heavy atom. The molecule has 1 aromatic rings. The van der Waals surface area contributed by atoms with Crippen LogP contribution in [0.4, 0.5) is 4.79 Å². The van der Waals surface area contributed by atoms with Gasteiger partial charge in [0.2, 0.25) is 0 Å². The number of hydrogen-bond acceptors (Lipinski definition) is 5. The normalized spacial score (nSPS) is 20.6. The third-order valence-corrected chi connectivity index (χ3v) is 6.66. The number of piperidine rings is 1. The molecule has 7 nitrogen and oxygen atoms in total. The Balaban J connectivity index is 1.71. The van der Waals surface area contributed by atoms with E-state index in [1.807, 2.05) is 24.0 Å². The summed E-state index contributed by atoms with van der Waals surface area (Å²) in [5.74, 6) is 0.447. The molecular formula is C23H36N4O3. The van der Waals surface area contributed by atoms with Crippen LogP contribution in [0.3, 0.4) is 0 Å². The lowest BCUT2D eigenvalue weighted by Crippen LogP contribution is -2.58. The van der Waals surface area contributed by atoms with Crippen LogP contribution in [0.5, 0.6) is 0 Å². The lowest BCUT2D eigenvalue weighted by Gasteiger charge is -2.44. The fraction of sp³-hybridized carbons (Fsp3) is 0.696. The van der Waals surface area contributed by atoms with Gasteiger partial charge in [0.25, 0.3) is 5.91 Å². The van der Waals surface area contributed by atoms with E-state index in [4.69, 9.17) is 0 Å². The van der Waals surface area contributed by atoms with Gasteiger partial charge in [0.05, 0.1) is 6.61 Å². The van der Waals surface area contributed by atoms with Gasteiger partial charge in [0, 0.05) is 44.6 Å². The predicted octanol–water partition coefficient (Wildman–Crippen LogP) is 2.54. The van der Waals surface area contributed by atoms with Gasteiger partial charge in [-0.05, 0) is 62.6 Å². The van der Waals surface area contributed by atoms with Crippen LogP contribution in [0.1, 0.15) is 52.0 Å². The monoisotopic (exact) mass is 416 g/mol. The molecule has 3 heterocycles. The van der Waals surface area contributed by atoms with Gasteiger partial charge < -0.3 is 10.0 Å². The number of imide groups is 1. The highest BCUT2D eigenvalue weighted by Crippen LogP contribution is 2.38. The van der Waals surface area contributed by atoms with E-state index in [1.165, 1.54) is 10.5 Å². The van der Waals surface area contributed by atoms with E-state index in [-0.39, 0.29) is 24.6 Å². The second-order valence-corrected chi connectivity index (χ2v) is 9.13. The van der Waals surface area contributed by atoms with E-state index < -0.39 is 5.54 Å². The fourth-order valence-electron chi connectivity index (χ4n) is 4.60. The maximum atomic E-state index is 13.5. The number of amides is 3. The molecule has 1 aromatic heterocycles. The van der Waals surface area contributed by atoms with Crippen LogP contribution in [0.2, 0.25) is 0 Å². The molecule has 30 heavy (non-hydrogen) atoms. The summed E-state index contributed by atoms with van der Waals surface area (Å²) in [5.41, 5.74) is 0.454.